The molecule has 0 radical (unpaired) electrons. The Labute approximate surface area is 245 Å². The number of fused-ring (bicyclic) bond motifs is 4. The van der Waals surface area contributed by atoms with Gasteiger partial charge in [-0.3, -0.25) is 4.90 Å². The first-order valence-electron chi connectivity index (χ1n) is 15.0. The number of anilines is 1. The molecule has 8 nitrogen and oxygen atoms in total. The summed E-state index contributed by atoms with van der Waals surface area (Å²) in [6.07, 6.45) is 9.13. The summed E-state index contributed by atoms with van der Waals surface area (Å²) in [7, 11) is 0. The molecule has 1 aliphatic carbocycles. The van der Waals surface area contributed by atoms with E-state index >= 15 is 0 Å². The van der Waals surface area contributed by atoms with Crippen molar-refractivity contribution >= 4 is 24.1 Å². The van der Waals surface area contributed by atoms with Crippen molar-refractivity contribution in [3.05, 3.63) is 45.6 Å². The van der Waals surface area contributed by atoms with Crippen LogP contribution < -0.4 is 9.64 Å². The number of nitriles is 1. The highest BCUT2D eigenvalue weighted by molar-refractivity contribution is 6.31. The number of hydrogen-bond donors (Lipinski definition) is 0. The zero-order valence-electron chi connectivity index (χ0n) is 23.5. The molecule has 10 heteroatoms. The molecule has 0 unspecified atom stereocenters. The van der Waals surface area contributed by atoms with E-state index in [0.717, 1.165) is 91.3 Å². The monoisotopic (exact) mass is 579 g/mol. The second kappa shape index (κ2) is 10.5. The Bertz CT molecular complexity index is 1420. The number of hydrogen-bond acceptors (Lipinski definition) is 7. The number of halogens is 2. The van der Waals surface area contributed by atoms with E-state index in [4.69, 9.17) is 31.0 Å². The molecular weight excluding hydrogens is 543 g/mol. The third-order valence-corrected chi connectivity index (χ3v) is 10.5. The lowest BCUT2D eigenvalue weighted by Gasteiger charge is -2.37. The Morgan fingerprint density at radius 1 is 1.20 bits per heavy atom. The van der Waals surface area contributed by atoms with E-state index in [1.807, 2.05) is 12.1 Å². The number of ether oxygens (including phenoxy) is 2. The molecule has 3 fully saturated rings. The topological polar surface area (TPSA) is 77.5 Å². The van der Waals surface area contributed by atoms with E-state index in [1.165, 1.54) is 4.58 Å². The standard InChI is InChI=1S/C31H37ClFN6O2/c1-37(20-34)22-6-2-3-12-38(17-22)28-24-18-41-31(11-9-23-25(31)7-4-8-26(23)32)15-27(24)35-29(36-28)40-19-30-10-5-13-39(30)16-21(33)14-30/h4,7-8,21-22H,1-3,5-6,9-19H2/q+1/t21-,22-,30+,31+/m1/s1. The van der Waals surface area contributed by atoms with Crippen LogP contribution in [-0.2, 0) is 29.8 Å². The molecule has 216 valence electrons. The maximum atomic E-state index is 14.4. The van der Waals surface area contributed by atoms with Crippen LogP contribution in [0.15, 0.2) is 18.2 Å². The molecule has 4 aliphatic heterocycles. The van der Waals surface area contributed by atoms with Crippen molar-refractivity contribution in [1.82, 2.24) is 14.9 Å². The van der Waals surface area contributed by atoms with Crippen LogP contribution >= 0.6 is 11.6 Å². The van der Waals surface area contributed by atoms with Crippen LogP contribution in [0, 0.1) is 11.5 Å². The van der Waals surface area contributed by atoms with Crippen molar-refractivity contribution in [1.29, 1.82) is 5.26 Å². The number of rotatable bonds is 5. The van der Waals surface area contributed by atoms with Gasteiger partial charge in [0.2, 0.25) is 0 Å². The van der Waals surface area contributed by atoms with Crippen molar-refractivity contribution in [2.45, 2.75) is 87.7 Å². The Kier molecular flexibility index (Phi) is 6.92. The molecule has 0 saturated carbocycles. The van der Waals surface area contributed by atoms with Crippen molar-refractivity contribution in [3.8, 4) is 12.2 Å². The fourth-order valence-corrected chi connectivity index (χ4v) is 8.25. The van der Waals surface area contributed by atoms with Crippen LogP contribution in [0.4, 0.5) is 10.2 Å². The average molecular weight is 580 g/mol. The van der Waals surface area contributed by atoms with E-state index in [2.05, 4.69) is 28.8 Å². The first kappa shape index (κ1) is 27.1. The van der Waals surface area contributed by atoms with E-state index in [1.54, 1.807) is 0 Å². The predicted octanol–water partition coefficient (Wildman–Crippen LogP) is 4.55. The Morgan fingerprint density at radius 3 is 2.98 bits per heavy atom. The minimum absolute atomic E-state index is 0.00287. The second-order valence-corrected chi connectivity index (χ2v) is 12.9. The zero-order valence-corrected chi connectivity index (χ0v) is 24.2. The Morgan fingerprint density at radius 2 is 2.10 bits per heavy atom. The molecule has 1 aromatic heterocycles. The van der Waals surface area contributed by atoms with E-state index in [-0.39, 0.29) is 11.6 Å². The van der Waals surface area contributed by atoms with E-state index in [9.17, 15) is 9.65 Å². The van der Waals surface area contributed by atoms with Crippen LogP contribution in [0.3, 0.4) is 0 Å². The molecule has 4 atom stereocenters. The number of aromatic nitrogens is 2. The van der Waals surface area contributed by atoms with Gasteiger partial charge in [0, 0.05) is 36.5 Å². The molecule has 2 aromatic rings. The van der Waals surface area contributed by atoms with Gasteiger partial charge in [-0.05, 0) is 68.7 Å². The molecule has 1 spiro atoms. The van der Waals surface area contributed by atoms with Gasteiger partial charge in [0.05, 0.1) is 36.7 Å². The quantitative estimate of drug-likeness (QED) is 0.222. The summed E-state index contributed by atoms with van der Waals surface area (Å²) in [4.78, 5) is 14.5. The van der Waals surface area contributed by atoms with Gasteiger partial charge in [-0.1, -0.05) is 23.7 Å². The molecule has 0 bridgehead atoms. The fourth-order valence-electron chi connectivity index (χ4n) is 7.98. The molecule has 7 rings (SSSR count). The first-order chi connectivity index (χ1) is 19.9. The van der Waals surface area contributed by atoms with Crippen LogP contribution in [0.5, 0.6) is 6.01 Å². The fraction of sp³-hybridized carbons (Fsp3) is 0.613. The number of alkyl halides is 1. The zero-order chi connectivity index (χ0) is 28.2. The van der Waals surface area contributed by atoms with Crippen LogP contribution in [0.25, 0.3) is 0 Å². The Balaban J connectivity index is 1.25. The lowest BCUT2D eigenvalue weighted by atomic mass is 9.87. The van der Waals surface area contributed by atoms with Gasteiger partial charge >= 0.3 is 12.2 Å². The predicted molar refractivity (Wildman–Crippen MR) is 153 cm³/mol. The van der Waals surface area contributed by atoms with Gasteiger partial charge in [0.15, 0.2) is 5.26 Å². The van der Waals surface area contributed by atoms with Crippen molar-refractivity contribution in [2.24, 2.45) is 0 Å². The van der Waals surface area contributed by atoms with Gasteiger partial charge in [0.1, 0.15) is 24.6 Å². The molecular formula is C31H37ClFN6O2+. The lowest BCUT2D eigenvalue weighted by molar-refractivity contribution is -0.472. The van der Waals surface area contributed by atoms with Crippen molar-refractivity contribution < 1.29 is 18.4 Å². The van der Waals surface area contributed by atoms with Gasteiger partial charge in [-0.2, -0.15) is 14.5 Å². The van der Waals surface area contributed by atoms with Crippen molar-refractivity contribution in [3.63, 3.8) is 0 Å². The molecule has 0 amide bonds. The SMILES string of the molecule is C=[N+](C#N)[C@@H]1CCCCN(c2nc(OC[C@@]34CCCN3C[C@H](F)C4)nc3c2CO[C@@]2(CCc4c(Cl)cccc42)C3)C1. The van der Waals surface area contributed by atoms with Crippen LogP contribution in [0.1, 0.15) is 67.3 Å². The maximum absolute atomic E-state index is 14.4. The van der Waals surface area contributed by atoms with Crippen molar-refractivity contribution in [2.75, 3.05) is 37.7 Å². The lowest BCUT2D eigenvalue weighted by Crippen LogP contribution is -2.44. The maximum Gasteiger partial charge on any atom is 0.458 e. The van der Waals surface area contributed by atoms with Gasteiger partial charge < -0.3 is 14.4 Å². The van der Waals surface area contributed by atoms with E-state index in [0.29, 0.717) is 45.2 Å². The van der Waals surface area contributed by atoms with Crippen LogP contribution in [-0.4, -0.2) is 76.7 Å². The average Bonchev–Trinajstić information content (AvgIpc) is 3.54. The molecule has 3 saturated heterocycles. The number of benzene rings is 1. The van der Waals surface area contributed by atoms with Gasteiger partial charge in [-0.25, -0.2) is 4.39 Å². The highest BCUT2D eigenvalue weighted by Gasteiger charge is 2.50. The van der Waals surface area contributed by atoms with Crippen LogP contribution in [0.2, 0.25) is 5.02 Å². The highest BCUT2D eigenvalue weighted by atomic mass is 35.5. The highest BCUT2D eigenvalue weighted by Crippen LogP contribution is 2.49. The molecule has 0 N–H and O–H groups in total. The molecule has 5 heterocycles. The summed E-state index contributed by atoms with van der Waals surface area (Å²) < 4.78 is 29.1. The molecule has 41 heavy (non-hydrogen) atoms. The third-order valence-electron chi connectivity index (χ3n) is 10.1. The molecule has 1 aromatic carbocycles. The summed E-state index contributed by atoms with van der Waals surface area (Å²) in [5, 5.41) is 10.3. The number of nitrogens with zero attached hydrogens (tertiary/aromatic N) is 6. The largest absolute Gasteiger partial charge is 0.461 e. The summed E-state index contributed by atoms with van der Waals surface area (Å²) in [5.74, 6) is 0.818. The normalized spacial score (nSPS) is 30.9. The minimum atomic E-state index is -0.815. The summed E-state index contributed by atoms with van der Waals surface area (Å²) in [5.41, 5.74) is 3.47. The summed E-state index contributed by atoms with van der Waals surface area (Å²) in [6.45, 7) is 7.60. The minimum Gasteiger partial charge on any atom is -0.461 e. The van der Waals surface area contributed by atoms with E-state index < -0.39 is 11.8 Å². The Hall–Kier alpha value is -2.80. The summed E-state index contributed by atoms with van der Waals surface area (Å²) in [6, 6.07) is 6.42. The molecule has 5 aliphatic rings. The van der Waals surface area contributed by atoms with Gasteiger partial charge in [0.25, 0.3) is 0 Å². The second-order valence-electron chi connectivity index (χ2n) is 12.5. The first-order valence-corrected chi connectivity index (χ1v) is 15.4. The third kappa shape index (κ3) is 4.68. The van der Waals surface area contributed by atoms with Gasteiger partial charge in [-0.15, -0.1) is 0 Å². The smallest absolute Gasteiger partial charge is 0.458 e. The summed E-state index contributed by atoms with van der Waals surface area (Å²) >= 11 is 6.58.